The lowest BCUT2D eigenvalue weighted by Gasteiger charge is -2.56. The standard InChI is InChI=1S/C19H24N4O3/c1-12(16-2-4-17(5-3-16)23(25)26)21-22-18(24)20-19-9-13-6-14(10-19)8-15(7-13)11-19/h2-5,13-15H,6-11H2,1H3,(H2,20,22,24)/b21-12+. The lowest BCUT2D eigenvalue weighted by molar-refractivity contribution is -0.384. The van der Waals surface area contributed by atoms with Crippen LogP contribution in [0.25, 0.3) is 0 Å². The molecule has 26 heavy (non-hydrogen) atoms. The van der Waals surface area contributed by atoms with Gasteiger partial charge in [-0.15, -0.1) is 0 Å². The summed E-state index contributed by atoms with van der Waals surface area (Å²) >= 11 is 0. The fourth-order valence-electron chi connectivity index (χ4n) is 5.56. The minimum absolute atomic E-state index is 0.0362. The van der Waals surface area contributed by atoms with Crippen LogP contribution in [0.1, 0.15) is 51.0 Å². The zero-order chi connectivity index (χ0) is 18.3. The van der Waals surface area contributed by atoms with Crippen LogP contribution in [0.5, 0.6) is 0 Å². The minimum Gasteiger partial charge on any atom is -0.331 e. The lowest BCUT2D eigenvalue weighted by Crippen LogP contribution is -2.61. The molecule has 7 nitrogen and oxygen atoms in total. The van der Waals surface area contributed by atoms with Crippen LogP contribution in [0.2, 0.25) is 0 Å². The van der Waals surface area contributed by atoms with Crippen molar-refractivity contribution in [3.63, 3.8) is 0 Å². The van der Waals surface area contributed by atoms with Crippen LogP contribution in [-0.2, 0) is 0 Å². The molecule has 2 amide bonds. The van der Waals surface area contributed by atoms with Gasteiger partial charge in [0.2, 0.25) is 0 Å². The smallest absolute Gasteiger partial charge is 0.331 e. The summed E-state index contributed by atoms with van der Waals surface area (Å²) < 4.78 is 0. The number of carbonyl (C=O) groups is 1. The van der Waals surface area contributed by atoms with Crippen molar-refractivity contribution in [2.75, 3.05) is 0 Å². The van der Waals surface area contributed by atoms with Gasteiger partial charge in [-0.2, -0.15) is 5.10 Å². The van der Waals surface area contributed by atoms with Crippen molar-refractivity contribution in [1.82, 2.24) is 10.7 Å². The largest absolute Gasteiger partial charge is 0.335 e. The zero-order valence-corrected chi connectivity index (χ0v) is 14.9. The molecule has 4 aliphatic rings. The molecule has 2 N–H and O–H groups in total. The third kappa shape index (κ3) is 3.30. The molecule has 0 radical (unpaired) electrons. The number of amides is 2. The molecule has 0 unspecified atom stereocenters. The summed E-state index contributed by atoms with van der Waals surface area (Å²) in [6.45, 7) is 1.77. The molecule has 1 aromatic carbocycles. The van der Waals surface area contributed by atoms with Crippen molar-refractivity contribution >= 4 is 17.4 Å². The Kier molecular flexibility index (Phi) is 4.17. The first-order valence-electron chi connectivity index (χ1n) is 9.30. The van der Waals surface area contributed by atoms with E-state index in [1.807, 2.05) is 0 Å². The minimum atomic E-state index is -0.437. The number of urea groups is 1. The molecule has 5 rings (SSSR count). The molecular formula is C19H24N4O3. The monoisotopic (exact) mass is 356 g/mol. The number of nitro groups is 1. The molecule has 4 saturated carbocycles. The van der Waals surface area contributed by atoms with Crippen LogP contribution in [0.15, 0.2) is 29.4 Å². The van der Waals surface area contributed by atoms with Crippen LogP contribution in [0.4, 0.5) is 10.5 Å². The van der Waals surface area contributed by atoms with Crippen molar-refractivity contribution < 1.29 is 9.72 Å². The summed E-state index contributed by atoms with van der Waals surface area (Å²) in [5.41, 5.74) is 3.94. The van der Waals surface area contributed by atoms with Gasteiger partial charge >= 0.3 is 6.03 Å². The highest BCUT2D eigenvalue weighted by Gasteiger charge is 2.51. The Labute approximate surface area is 152 Å². The van der Waals surface area contributed by atoms with Crippen molar-refractivity contribution in [1.29, 1.82) is 0 Å². The molecule has 4 aliphatic carbocycles. The molecule has 4 fully saturated rings. The third-order valence-corrected chi connectivity index (χ3v) is 6.24. The van der Waals surface area contributed by atoms with E-state index in [0.717, 1.165) is 42.6 Å². The summed E-state index contributed by atoms with van der Waals surface area (Å²) in [7, 11) is 0. The summed E-state index contributed by atoms with van der Waals surface area (Å²) in [5, 5.41) is 18.1. The van der Waals surface area contributed by atoms with Crippen LogP contribution in [0, 0.1) is 27.9 Å². The van der Waals surface area contributed by atoms with E-state index in [0.29, 0.717) is 5.71 Å². The number of nitrogens with one attached hydrogen (secondary N) is 2. The Balaban J connectivity index is 1.37. The van der Waals surface area contributed by atoms with Gasteiger partial charge in [0.05, 0.1) is 10.6 Å². The molecule has 0 saturated heterocycles. The van der Waals surface area contributed by atoms with Gasteiger partial charge in [0.25, 0.3) is 5.69 Å². The fourth-order valence-corrected chi connectivity index (χ4v) is 5.56. The van der Waals surface area contributed by atoms with Gasteiger partial charge in [-0.3, -0.25) is 10.1 Å². The molecular weight excluding hydrogens is 332 g/mol. The second-order valence-electron chi connectivity index (χ2n) is 8.27. The van der Waals surface area contributed by atoms with Crippen LogP contribution < -0.4 is 10.7 Å². The number of nitrogens with zero attached hydrogens (tertiary/aromatic N) is 2. The van der Waals surface area contributed by atoms with Crippen LogP contribution >= 0.6 is 0 Å². The van der Waals surface area contributed by atoms with Crippen molar-refractivity contribution in [3.8, 4) is 0 Å². The van der Waals surface area contributed by atoms with Gasteiger partial charge < -0.3 is 5.32 Å². The number of nitro benzene ring substituents is 1. The quantitative estimate of drug-likeness (QED) is 0.490. The van der Waals surface area contributed by atoms with Crippen LogP contribution in [-0.4, -0.2) is 22.2 Å². The fraction of sp³-hybridized carbons (Fsp3) is 0.579. The summed E-state index contributed by atoms with van der Waals surface area (Å²) in [6.07, 6.45) is 7.28. The molecule has 138 valence electrons. The number of rotatable bonds is 4. The second-order valence-corrected chi connectivity index (χ2v) is 8.27. The van der Waals surface area contributed by atoms with E-state index in [1.165, 1.54) is 31.4 Å². The average Bonchev–Trinajstić information content (AvgIpc) is 2.58. The number of hydrogen-bond acceptors (Lipinski definition) is 4. The number of benzene rings is 1. The van der Waals surface area contributed by atoms with E-state index in [-0.39, 0.29) is 17.3 Å². The predicted octanol–water partition coefficient (Wildman–Crippen LogP) is 3.59. The van der Waals surface area contributed by atoms with E-state index in [1.54, 1.807) is 19.1 Å². The molecule has 4 bridgehead atoms. The van der Waals surface area contributed by atoms with Crippen molar-refractivity contribution in [3.05, 3.63) is 39.9 Å². The van der Waals surface area contributed by atoms with E-state index < -0.39 is 4.92 Å². The Morgan fingerprint density at radius 3 is 2.15 bits per heavy atom. The summed E-state index contributed by atoms with van der Waals surface area (Å²) in [4.78, 5) is 22.7. The van der Waals surface area contributed by atoms with Gasteiger partial charge in [-0.1, -0.05) is 0 Å². The van der Waals surface area contributed by atoms with Crippen molar-refractivity contribution in [2.45, 2.75) is 51.0 Å². The number of hydrogen-bond donors (Lipinski definition) is 2. The molecule has 0 spiro atoms. The Morgan fingerprint density at radius 2 is 1.65 bits per heavy atom. The molecule has 0 aromatic heterocycles. The lowest BCUT2D eigenvalue weighted by atomic mass is 9.53. The normalized spacial score (nSPS) is 32.3. The van der Waals surface area contributed by atoms with E-state index >= 15 is 0 Å². The average molecular weight is 356 g/mol. The van der Waals surface area contributed by atoms with Gasteiger partial charge in [0.15, 0.2) is 0 Å². The maximum Gasteiger partial charge on any atom is 0.335 e. The first-order chi connectivity index (χ1) is 12.4. The number of carbonyl (C=O) groups excluding carboxylic acids is 1. The molecule has 7 heteroatoms. The predicted molar refractivity (Wildman–Crippen MR) is 97.9 cm³/mol. The van der Waals surface area contributed by atoms with E-state index in [9.17, 15) is 14.9 Å². The maximum absolute atomic E-state index is 12.4. The van der Waals surface area contributed by atoms with Gasteiger partial charge in [-0.25, -0.2) is 10.2 Å². The summed E-state index contributed by atoms with van der Waals surface area (Å²) in [6, 6.07) is 5.88. The Bertz CT molecular complexity index is 721. The Morgan fingerprint density at radius 1 is 1.12 bits per heavy atom. The van der Waals surface area contributed by atoms with Crippen LogP contribution in [0.3, 0.4) is 0 Å². The first kappa shape index (κ1) is 17.0. The SMILES string of the molecule is C/C(=N\NC(=O)NC12CC3CC(CC(C3)C1)C2)c1ccc([N+](=O)[O-])cc1. The Hall–Kier alpha value is -2.44. The maximum atomic E-state index is 12.4. The third-order valence-electron chi connectivity index (χ3n) is 6.24. The van der Waals surface area contributed by atoms with E-state index in [2.05, 4.69) is 15.8 Å². The van der Waals surface area contributed by atoms with E-state index in [4.69, 9.17) is 0 Å². The van der Waals surface area contributed by atoms with Gasteiger partial charge in [0, 0.05) is 17.7 Å². The second kappa shape index (κ2) is 6.37. The highest BCUT2D eigenvalue weighted by molar-refractivity contribution is 5.99. The molecule has 0 heterocycles. The van der Waals surface area contributed by atoms with Gasteiger partial charge in [-0.05, 0) is 80.9 Å². The highest BCUT2D eigenvalue weighted by atomic mass is 16.6. The number of hydrazone groups is 1. The first-order valence-corrected chi connectivity index (χ1v) is 9.30. The number of non-ortho nitro benzene ring substituents is 1. The molecule has 0 aliphatic heterocycles. The summed E-state index contributed by atoms with van der Waals surface area (Å²) in [5.74, 6) is 2.31. The van der Waals surface area contributed by atoms with Crippen molar-refractivity contribution in [2.24, 2.45) is 22.9 Å². The zero-order valence-electron chi connectivity index (χ0n) is 14.9. The molecule has 0 atom stereocenters. The molecule has 1 aromatic rings. The van der Waals surface area contributed by atoms with Gasteiger partial charge in [0.1, 0.15) is 0 Å². The topological polar surface area (TPSA) is 96.6 Å². The highest BCUT2D eigenvalue weighted by Crippen LogP contribution is 2.55.